The van der Waals surface area contributed by atoms with Gasteiger partial charge in [0, 0.05) is 42.3 Å². The van der Waals surface area contributed by atoms with Crippen molar-refractivity contribution in [1.82, 2.24) is 8.83 Å². The van der Waals surface area contributed by atoms with Crippen LogP contribution in [-0.2, 0) is 0 Å². The summed E-state index contributed by atoms with van der Waals surface area (Å²) < 4.78 is 1.99. The van der Waals surface area contributed by atoms with Crippen LogP contribution in [-0.4, -0.2) is 41.0 Å². The summed E-state index contributed by atoms with van der Waals surface area (Å²) in [7, 11) is 0. The van der Waals surface area contributed by atoms with E-state index in [0.29, 0.717) is 0 Å². The quantitative estimate of drug-likeness (QED) is 0.569. The Morgan fingerprint density at radius 1 is 1.30 bits per heavy atom. The molecule has 0 bridgehead atoms. The normalized spacial score (nSPS) is 21.1. The molecule has 0 aromatic rings. The fourth-order valence-corrected chi connectivity index (χ4v) is 1.22. The minimum absolute atomic E-state index is 0.319. The van der Waals surface area contributed by atoms with Gasteiger partial charge in [0.15, 0.2) is 0 Å². The molecule has 0 spiro atoms. The Kier molecular flexibility index (Phi) is 2.50. The van der Waals surface area contributed by atoms with Crippen LogP contribution in [0.2, 0.25) is 0 Å². The lowest BCUT2D eigenvalue weighted by molar-refractivity contribution is 0.186. The minimum Gasteiger partial charge on any atom is -0.351 e. The van der Waals surface area contributed by atoms with Gasteiger partial charge in [0.1, 0.15) is 0 Å². The second-order valence-electron chi connectivity index (χ2n) is 2.24. The first-order chi connectivity index (χ1) is 4.70. The number of hydrogen-bond donors (Lipinski definition) is 1. The average molecular weight is 208 g/mol. The van der Waals surface area contributed by atoms with E-state index >= 15 is 0 Å². The lowest BCUT2D eigenvalue weighted by Gasteiger charge is -2.29. The van der Waals surface area contributed by atoms with E-state index in [1.165, 1.54) is 0 Å². The lowest BCUT2D eigenvalue weighted by atomic mass is 10.4. The molecule has 58 valence electrons. The molecule has 0 saturated carbocycles. The number of carbonyl (C=O) groups is 1. The van der Waals surface area contributed by atoms with Crippen LogP contribution in [0.3, 0.4) is 0 Å². The van der Waals surface area contributed by atoms with E-state index in [0.717, 1.165) is 26.2 Å². The zero-order chi connectivity index (χ0) is 7.56. The molecule has 2 N–H and O–H groups in total. The fourth-order valence-electron chi connectivity index (χ4n) is 0.902. The molecule has 0 aromatic heterocycles. The summed E-state index contributed by atoms with van der Waals surface area (Å²) in [4.78, 5) is 12.2. The van der Waals surface area contributed by atoms with E-state index in [9.17, 15) is 4.79 Å². The van der Waals surface area contributed by atoms with E-state index < -0.39 is 0 Å². The summed E-state index contributed by atoms with van der Waals surface area (Å²) >= 11 is 3.32. The maximum Gasteiger partial charge on any atom is 0.314 e. The SMILES string of the molecule is NC(=O)N1CCN(Br)CC1. The number of nitrogens with two attached hydrogens (primary N) is 1. The molecular weight excluding hydrogens is 198 g/mol. The average Bonchev–Trinajstić information content (AvgIpc) is 1.88. The van der Waals surface area contributed by atoms with E-state index in [2.05, 4.69) is 16.1 Å². The van der Waals surface area contributed by atoms with Crippen molar-refractivity contribution in [3.8, 4) is 0 Å². The molecule has 1 aliphatic rings. The van der Waals surface area contributed by atoms with Crippen molar-refractivity contribution in [3.05, 3.63) is 0 Å². The number of primary amides is 1. The number of hydrogen-bond acceptors (Lipinski definition) is 2. The molecule has 0 radical (unpaired) electrons. The third-order valence-electron chi connectivity index (χ3n) is 1.54. The minimum atomic E-state index is -0.319. The van der Waals surface area contributed by atoms with E-state index in [1.54, 1.807) is 4.90 Å². The Bertz CT molecular complexity index is 133. The molecule has 1 rings (SSSR count). The molecule has 1 aliphatic heterocycles. The second kappa shape index (κ2) is 3.21. The first-order valence-corrected chi connectivity index (χ1v) is 3.86. The summed E-state index contributed by atoms with van der Waals surface area (Å²) in [6, 6.07) is -0.319. The highest BCUT2D eigenvalue weighted by molar-refractivity contribution is 9.07. The molecule has 4 nitrogen and oxygen atoms in total. The van der Waals surface area contributed by atoms with Gasteiger partial charge in [-0.1, -0.05) is 0 Å². The van der Waals surface area contributed by atoms with Gasteiger partial charge in [-0.3, -0.25) is 0 Å². The van der Waals surface area contributed by atoms with Gasteiger partial charge in [0.05, 0.1) is 0 Å². The molecular formula is C5H10BrN3O. The van der Waals surface area contributed by atoms with Gasteiger partial charge in [-0.25, -0.2) is 8.72 Å². The fraction of sp³-hybridized carbons (Fsp3) is 0.800. The largest absolute Gasteiger partial charge is 0.351 e. The number of amides is 2. The molecule has 2 amide bonds. The third-order valence-corrected chi connectivity index (χ3v) is 2.25. The Morgan fingerprint density at radius 2 is 1.80 bits per heavy atom. The predicted molar refractivity (Wildman–Crippen MR) is 41.7 cm³/mol. The van der Waals surface area contributed by atoms with Crippen molar-refractivity contribution in [3.63, 3.8) is 0 Å². The second-order valence-corrected chi connectivity index (χ2v) is 3.24. The molecule has 1 fully saturated rings. The van der Waals surface area contributed by atoms with E-state index in [4.69, 9.17) is 5.73 Å². The maximum absolute atomic E-state index is 10.6. The summed E-state index contributed by atoms with van der Waals surface area (Å²) in [5.41, 5.74) is 5.07. The van der Waals surface area contributed by atoms with E-state index in [-0.39, 0.29) is 6.03 Å². The third kappa shape index (κ3) is 1.85. The van der Waals surface area contributed by atoms with Crippen molar-refractivity contribution < 1.29 is 4.79 Å². The first kappa shape index (κ1) is 7.81. The monoisotopic (exact) mass is 207 g/mol. The highest BCUT2D eigenvalue weighted by Gasteiger charge is 2.16. The van der Waals surface area contributed by atoms with Crippen LogP contribution in [0.25, 0.3) is 0 Å². The van der Waals surface area contributed by atoms with Crippen LogP contribution in [0.1, 0.15) is 0 Å². The lowest BCUT2D eigenvalue weighted by Crippen LogP contribution is -2.47. The van der Waals surface area contributed by atoms with Gasteiger partial charge in [-0.15, -0.1) is 0 Å². The molecule has 10 heavy (non-hydrogen) atoms. The molecule has 0 aromatic carbocycles. The van der Waals surface area contributed by atoms with Gasteiger partial charge in [-0.05, 0) is 0 Å². The topological polar surface area (TPSA) is 49.6 Å². The van der Waals surface area contributed by atoms with Crippen molar-refractivity contribution in [2.24, 2.45) is 5.73 Å². The molecule has 5 heteroatoms. The number of nitrogens with zero attached hydrogens (tertiary/aromatic N) is 2. The Morgan fingerprint density at radius 3 is 2.20 bits per heavy atom. The Hall–Kier alpha value is -0.290. The predicted octanol–water partition coefficient (Wildman–Crippen LogP) is -0.00740. The number of carbonyl (C=O) groups excluding carboxylic acids is 1. The molecule has 0 unspecified atom stereocenters. The Balaban J connectivity index is 2.33. The summed E-state index contributed by atoms with van der Waals surface area (Å²) in [6.45, 7) is 3.15. The number of urea groups is 1. The zero-order valence-corrected chi connectivity index (χ0v) is 7.17. The smallest absolute Gasteiger partial charge is 0.314 e. The van der Waals surface area contributed by atoms with Crippen LogP contribution in [0, 0.1) is 0 Å². The summed E-state index contributed by atoms with van der Waals surface area (Å²) in [5.74, 6) is 0. The van der Waals surface area contributed by atoms with Crippen molar-refractivity contribution in [2.45, 2.75) is 0 Å². The van der Waals surface area contributed by atoms with Crippen LogP contribution >= 0.6 is 16.1 Å². The van der Waals surface area contributed by atoms with Gasteiger partial charge >= 0.3 is 6.03 Å². The van der Waals surface area contributed by atoms with Crippen LogP contribution in [0.5, 0.6) is 0 Å². The summed E-state index contributed by atoms with van der Waals surface area (Å²) in [6.07, 6.45) is 0. The highest BCUT2D eigenvalue weighted by atomic mass is 79.9. The van der Waals surface area contributed by atoms with Gasteiger partial charge in [0.2, 0.25) is 0 Å². The number of piperazine rings is 1. The van der Waals surface area contributed by atoms with Crippen LogP contribution < -0.4 is 5.73 Å². The van der Waals surface area contributed by atoms with E-state index in [1.807, 2.05) is 3.93 Å². The van der Waals surface area contributed by atoms with Gasteiger partial charge < -0.3 is 10.6 Å². The molecule has 1 heterocycles. The van der Waals surface area contributed by atoms with Crippen LogP contribution in [0.15, 0.2) is 0 Å². The Labute approximate surface area is 68.3 Å². The van der Waals surface area contributed by atoms with Crippen molar-refractivity contribution in [2.75, 3.05) is 26.2 Å². The number of halogens is 1. The van der Waals surface area contributed by atoms with Gasteiger partial charge in [0.25, 0.3) is 0 Å². The highest BCUT2D eigenvalue weighted by Crippen LogP contribution is 2.04. The van der Waals surface area contributed by atoms with Crippen molar-refractivity contribution in [1.29, 1.82) is 0 Å². The maximum atomic E-state index is 10.6. The summed E-state index contributed by atoms with van der Waals surface area (Å²) in [5, 5.41) is 0. The first-order valence-electron chi connectivity index (χ1n) is 3.15. The van der Waals surface area contributed by atoms with Crippen LogP contribution in [0.4, 0.5) is 4.79 Å². The standard InChI is InChI=1S/C5H10BrN3O/c6-9-3-1-8(2-4-9)5(7)10/h1-4H2,(H2,7,10). The number of rotatable bonds is 0. The van der Waals surface area contributed by atoms with Crippen molar-refractivity contribution >= 4 is 22.2 Å². The van der Waals surface area contributed by atoms with Gasteiger partial charge in [-0.2, -0.15) is 0 Å². The zero-order valence-electron chi connectivity index (χ0n) is 5.59. The molecule has 0 atom stereocenters. The molecule has 0 aliphatic carbocycles. The molecule has 1 saturated heterocycles.